The summed E-state index contributed by atoms with van der Waals surface area (Å²) in [6, 6.07) is 0. The van der Waals surface area contributed by atoms with Gasteiger partial charge in [0.15, 0.2) is 0 Å². The zero-order chi connectivity index (χ0) is 10.9. The molecule has 1 aromatic heterocycles. The van der Waals surface area contributed by atoms with Gasteiger partial charge in [-0.05, 0) is 27.7 Å². The first kappa shape index (κ1) is 10.5. The van der Waals surface area contributed by atoms with Crippen LogP contribution in [0.5, 0.6) is 0 Å². The summed E-state index contributed by atoms with van der Waals surface area (Å²) in [7, 11) is 0. The fourth-order valence-corrected chi connectivity index (χ4v) is 1.06. The van der Waals surface area contributed by atoms with Gasteiger partial charge in [0, 0.05) is 17.5 Å². The molecule has 0 aliphatic rings. The predicted molar refractivity (Wildman–Crippen MR) is 56.3 cm³/mol. The molecule has 0 aliphatic heterocycles. The number of aryl methyl sites for hydroxylation is 1. The Morgan fingerprint density at radius 1 is 1.29 bits per heavy atom. The Labute approximate surface area is 81.9 Å². The molecule has 14 heavy (non-hydrogen) atoms. The van der Waals surface area contributed by atoms with E-state index in [4.69, 9.17) is 0 Å². The lowest BCUT2D eigenvalue weighted by atomic mass is 10.2. The van der Waals surface area contributed by atoms with Crippen molar-refractivity contribution in [2.24, 2.45) is 0 Å². The molecule has 0 aromatic carbocycles. The van der Waals surface area contributed by atoms with Crippen LogP contribution < -0.4 is 11.2 Å². The van der Waals surface area contributed by atoms with Gasteiger partial charge in [-0.25, -0.2) is 4.79 Å². The summed E-state index contributed by atoms with van der Waals surface area (Å²) in [4.78, 5) is 24.8. The van der Waals surface area contributed by atoms with E-state index in [1.807, 2.05) is 20.8 Å². The van der Waals surface area contributed by atoms with Crippen LogP contribution in [0.25, 0.3) is 5.70 Å². The van der Waals surface area contributed by atoms with E-state index < -0.39 is 0 Å². The van der Waals surface area contributed by atoms with Crippen LogP contribution in [0.1, 0.15) is 26.3 Å². The second kappa shape index (κ2) is 3.65. The first-order chi connectivity index (χ1) is 6.43. The average Bonchev–Trinajstić information content (AvgIpc) is 2.10. The standard InChI is InChI=1S/C10H14N2O2/c1-6(2)8(4)12-5-7(3)9(13)11-10(12)14/h5H,1-4H3,(H,11,13,14). The zero-order valence-corrected chi connectivity index (χ0v) is 8.84. The van der Waals surface area contributed by atoms with Crippen LogP contribution in [0.15, 0.2) is 21.4 Å². The lowest BCUT2D eigenvalue weighted by Gasteiger charge is -2.07. The van der Waals surface area contributed by atoms with E-state index in [0.29, 0.717) is 5.56 Å². The van der Waals surface area contributed by atoms with Gasteiger partial charge in [0.2, 0.25) is 0 Å². The van der Waals surface area contributed by atoms with Crippen LogP contribution in [0, 0.1) is 6.92 Å². The van der Waals surface area contributed by atoms with Gasteiger partial charge < -0.3 is 0 Å². The molecule has 1 N–H and O–H groups in total. The van der Waals surface area contributed by atoms with Crippen LogP contribution >= 0.6 is 0 Å². The molecule has 1 rings (SSSR count). The molecule has 76 valence electrons. The largest absolute Gasteiger partial charge is 0.332 e. The highest BCUT2D eigenvalue weighted by atomic mass is 16.2. The van der Waals surface area contributed by atoms with Gasteiger partial charge in [0.25, 0.3) is 5.56 Å². The van der Waals surface area contributed by atoms with E-state index in [-0.39, 0.29) is 11.2 Å². The first-order valence-electron chi connectivity index (χ1n) is 4.40. The number of allylic oxidation sites excluding steroid dienone is 2. The van der Waals surface area contributed by atoms with E-state index in [1.165, 1.54) is 4.57 Å². The van der Waals surface area contributed by atoms with Crippen molar-refractivity contribution in [3.05, 3.63) is 38.2 Å². The van der Waals surface area contributed by atoms with Gasteiger partial charge >= 0.3 is 5.69 Å². The highest BCUT2D eigenvalue weighted by Crippen LogP contribution is 2.05. The third-order valence-electron chi connectivity index (χ3n) is 2.21. The molecule has 0 spiro atoms. The molecule has 0 aliphatic carbocycles. The van der Waals surface area contributed by atoms with Crippen LogP contribution in [0.2, 0.25) is 0 Å². The van der Waals surface area contributed by atoms with Crippen molar-refractivity contribution in [3.8, 4) is 0 Å². The van der Waals surface area contributed by atoms with Gasteiger partial charge in [-0.1, -0.05) is 5.57 Å². The van der Waals surface area contributed by atoms with Crippen LogP contribution in [0.3, 0.4) is 0 Å². The van der Waals surface area contributed by atoms with Crippen molar-refractivity contribution < 1.29 is 0 Å². The van der Waals surface area contributed by atoms with E-state index in [2.05, 4.69) is 4.98 Å². The van der Waals surface area contributed by atoms with Gasteiger partial charge in [0.05, 0.1) is 0 Å². The molecule has 0 unspecified atom stereocenters. The third kappa shape index (κ3) is 1.84. The number of rotatable bonds is 1. The summed E-state index contributed by atoms with van der Waals surface area (Å²) in [5, 5.41) is 0. The smallest absolute Gasteiger partial charge is 0.273 e. The van der Waals surface area contributed by atoms with Crippen molar-refractivity contribution in [2.45, 2.75) is 27.7 Å². The Hall–Kier alpha value is -1.58. The Morgan fingerprint density at radius 2 is 1.86 bits per heavy atom. The predicted octanol–water partition coefficient (Wildman–Crippen LogP) is 1.12. The van der Waals surface area contributed by atoms with E-state index in [9.17, 15) is 9.59 Å². The van der Waals surface area contributed by atoms with Crippen molar-refractivity contribution in [3.63, 3.8) is 0 Å². The molecule has 0 bridgehead atoms. The lowest BCUT2D eigenvalue weighted by Crippen LogP contribution is -2.30. The molecule has 0 atom stereocenters. The minimum atomic E-state index is -0.390. The average molecular weight is 194 g/mol. The summed E-state index contributed by atoms with van der Waals surface area (Å²) in [6.07, 6.45) is 1.56. The summed E-state index contributed by atoms with van der Waals surface area (Å²) in [5.41, 5.74) is 1.70. The molecule has 4 nitrogen and oxygen atoms in total. The van der Waals surface area contributed by atoms with Crippen LogP contribution in [-0.2, 0) is 0 Å². The van der Waals surface area contributed by atoms with E-state index >= 15 is 0 Å². The van der Waals surface area contributed by atoms with Crippen molar-refractivity contribution in [2.75, 3.05) is 0 Å². The maximum absolute atomic E-state index is 11.4. The topological polar surface area (TPSA) is 54.9 Å². The number of aromatic amines is 1. The number of hydrogen-bond acceptors (Lipinski definition) is 2. The van der Waals surface area contributed by atoms with Gasteiger partial charge in [-0.2, -0.15) is 0 Å². The van der Waals surface area contributed by atoms with Crippen LogP contribution in [0.4, 0.5) is 0 Å². The lowest BCUT2D eigenvalue weighted by molar-refractivity contribution is 0.883. The Kier molecular flexibility index (Phi) is 2.74. The van der Waals surface area contributed by atoms with Crippen LogP contribution in [-0.4, -0.2) is 9.55 Å². The molecule has 0 saturated heterocycles. The molecule has 4 heteroatoms. The number of aromatic nitrogens is 2. The van der Waals surface area contributed by atoms with Gasteiger partial charge in [-0.15, -0.1) is 0 Å². The fraction of sp³-hybridized carbons (Fsp3) is 0.400. The molecule has 0 amide bonds. The Morgan fingerprint density at radius 3 is 2.36 bits per heavy atom. The minimum Gasteiger partial charge on any atom is -0.273 e. The zero-order valence-electron chi connectivity index (χ0n) is 8.84. The molecule has 0 fully saturated rings. The summed E-state index contributed by atoms with van der Waals surface area (Å²) in [6.45, 7) is 7.35. The third-order valence-corrected chi connectivity index (χ3v) is 2.21. The quantitative estimate of drug-likeness (QED) is 0.728. The number of H-pyrrole nitrogens is 1. The Bertz CT molecular complexity index is 488. The van der Waals surface area contributed by atoms with E-state index in [0.717, 1.165) is 11.3 Å². The maximum atomic E-state index is 11.4. The van der Waals surface area contributed by atoms with Gasteiger partial charge in [0.1, 0.15) is 0 Å². The monoisotopic (exact) mass is 194 g/mol. The molecular formula is C10H14N2O2. The maximum Gasteiger partial charge on any atom is 0.332 e. The number of nitrogens with one attached hydrogen (secondary N) is 1. The summed E-state index contributed by atoms with van der Waals surface area (Å²) < 4.78 is 1.45. The van der Waals surface area contributed by atoms with E-state index in [1.54, 1.807) is 13.1 Å². The molecule has 1 aromatic rings. The highest BCUT2D eigenvalue weighted by Gasteiger charge is 2.02. The number of hydrogen-bond donors (Lipinski definition) is 1. The van der Waals surface area contributed by atoms with Crippen molar-refractivity contribution in [1.82, 2.24) is 9.55 Å². The second-order valence-corrected chi connectivity index (χ2v) is 3.53. The van der Waals surface area contributed by atoms with Crippen molar-refractivity contribution in [1.29, 1.82) is 0 Å². The van der Waals surface area contributed by atoms with Crippen molar-refractivity contribution >= 4 is 5.70 Å². The highest BCUT2D eigenvalue weighted by molar-refractivity contribution is 5.46. The van der Waals surface area contributed by atoms with Gasteiger partial charge in [-0.3, -0.25) is 14.3 Å². The molecule has 0 radical (unpaired) electrons. The fourth-order valence-electron chi connectivity index (χ4n) is 1.06. The SMILES string of the molecule is CC(C)=C(C)n1cc(C)c(=O)[nH]c1=O. The normalized spacial score (nSPS) is 10.0. The number of nitrogens with zero attached hydrogens (tertiary/aromatic N) is 1. The molecular weight excluding hydrogens is 180 g/mol. The summed E-state index contributed by atoms with van der Waals surface area (Å²) in [5.74, 6) is 0. The second-order valence-electron chi connectivity index (χ2n) is 3.53. The summed E-state index contributed by atoms with van der Waals surface area (Å²) >= 11 is 0. The molecule has 1 heterocycles. The minimum absolute atomic E-state index is 0.326. The first-order valence-corrected chi connectivity index (χ1v) is 4.40. The Balaban J connectivity index is 3.53. The molecule has 0 saturated carbocycles.